The summed E-state index contributed by atoms with van der Waals surface area (Å²) in [5.41, 5.74) is 3.13. The summed E-state index contributed by atoms with van der Waals surface area (Å²) in [4.78, 5) is 17.8. The summed E-state index contributed by atoms with van der Waals surface area (Å²) in [6.07, 6.45) is 0.831. The van der Waals surface area contributed by atoms with E-state index in [0.29, 0.717) is 6.54 Å². The molecule has 0 saturated carbocycles. The van der Waals surface area contributed by atoms with E-state index in [1.54, 1.807) is 11.3 Å². The number of nitrogens with one attached hydrogen (secondary N) is 1. The Morgan fingerprint density at radius 3 is 2.41 bits per heavy atom. The van der Waals surface area contributed by atoms with Gasteiger partial charge in [0.2, 0.25) is 5.91 Å². The first-order chi connectivity index (χ1) is 10.3. The molecule has 1 aromatic heterocycles. The van der Waals surface area contributed by atoms with Crippen LogP contribution in [0.5, 0.6) is 0 Å². The molecule has 1 heterocycles. The average molecular weight is 316 g/mol. The molecule has 118 valence electrons. The summed E-state index contributed by atoms with van der Waals surface area (Å²) in [5.74, 6) is 0.0911. The van der Waals surface area contributed by atoms with Crippen molar-refractivity contribution in [3.8, 4) is 10.6 Å². The van der Waals surface area contributed by atoms with Crippen LogP contribution in [0.3, 0.4) is 0 Å². The maximum absolute atomic E-state index is 11.9. The Morgan fingerprint density at radius 2 is 1.82 bits per heavy atom. The van der Waals surface area contributed by atoms with Gasteiger partial charge in [0.15, 0.2) is 0 Å². The van der Waals surface area contributed by atoms with E-state index in [1.807, 2.05) is 27.7 Å². The van der Waals surface area contributed by atoms with E-state index in [4.69, 9.17) is 0 Å². The molecule has 22 heavy (non-hydrogen) atoms. The van der Waals surface area contributed by atoms with Crippen molar-refractivity contribution < 1.29 is 4.79 Å². The number of hydrogen-bond donors (Lipinski definition) is 1. The van der Waals surface area contributed by atoms with Crippen LogP contribution in [0.15, 0.2) is 24.3 Å². The largest absolute Gasteiger partial charge is 0.355 e. The molecule has 0 bridgehead atoms. The third-order valence-corrected chi connectivity index (χ3v) is 4.78. The normalized spacial score (nSPS) is 11.5. The fourth-order valence-electron chi connectivity index (χ4n) is 2.03. The number of aryl methyl sites for hydroxylation is 2. The van der Waals surface area contributed by atoms with Crippen molar-refractivity contribution in [2.75, 3.05) is 6.54 Å². The molecule has 0 radical (unpaired) electrons. The van der Waals surface area contributed by atoms with E-state index in [-0.39, 0.29) is 11.3 Å². The van der Waals surface area contributed by atoms with Gasteiger partial charge in [-0.05, 0) is 13.8 Å². The lowest BCUT2D eigenvalue weighted by Crippen LogP contribution is -2.35. The SMILES string of the molecule is Cc1ccc(-c2nc(C)c(CCNC(=O)C(C)(C)C)s2)cc1. The molecule has 3 nitrogen and oxygen atoms in total. The van der Waals surface area contributed by atoms with Gasteiger partial charge in [0, 0.05) is 28.8 Å². The molecule has 0 spiro atoms. The Morgan fingerprint density at radius 1 is 1.18 bits per heavy atom. The van der Waals surface area contributed by atoms with E-state index in [9.17, 15) is 4.79 Å². The molecule has 1 amide bonds. The van der Waals surface area contributed by atoms with Gasteiger partial charge in [0.05, 0.1) is 5.69 Å². The van der Waals surface area contributed by atoms with Crippen molar-refractivity contribution in [3.63, 3.8) is 0 Å². The van der Waals surface area contributed by atoms with E-state index < -0.39 is 0 Å². The van der Waals surface area contributed by atoms with Gasteiger partial charge in [-0.3, -0.25) is 4.79 Å². The van der Waals surface area contributed by atoms with Crippen LogP contribution >= 0.6 is 11.3 Å². The first-order valence-corrected chi connectivity index (χ1v) is 8.40. The van der Waals surface area contributed by atoms with Crippen LogP contribution in [0.4, 0.5) is 0 Å². The molecule has 0 fully saturated rings. The second-order valence-corrected chi connectivity index (χ2v) is 7.73. The molecule has 1 aromatic carbocycles. The van der Waals surface area contributed by atoms with E-state index in [0.717, 1.165) is 22.7 Å². The first-order valence-electron chi connectivity index (χ1n) is 7.59. The molecule has 2 rings (SSSR count). The van der Waals surface area contributed by atoms with Gasteiger partial charge in [-0.25, -0.2) is 4.98 Å². The maximum Gasteiger partial charge on any atom is 0.225 e. The number of aromatic nitrogens is 1. The van der Waals surface area contributed by atoms with Crippen LogP contribution in [0.25, 0.3) is 10.6 Å². The molecule has 2 aromatic rings. The van der Waals surface area contributed by atoms with Crippen molar-refractivity contribution in [2.24, 2.45) is 5.41 Å². The predicted molar refractivity (Wildman–Crippen MR) is 93.2 cm³/mol. The van der Waals surface area contributed by atoms with E-state index in [1.165, 1.54) is 10.4 Å². The number of nitrogens with zero attached hydrogens (tertiary/aromatic N) is 1. The van der Waals surface area contributed by atoms with Crippen LogP contribution in [0.1, 0.15) is 36.9 Å². The average Bonchev–Trinajstić information content (AvgIpc) is 2.80. The van der Waals surface area contributed by atoms with Gasteiger partial charge in [-0.1, -0.05) is 50.6 Å². The zero-order chi connectivity index (χ0) is 16.3. The van der Waals surface area contributed by atoms with Crippen molar-refractivity contribution in [3.05, 3.63) is 40.4 Å². The van der Waals surface area contributed by atoms with Gasteiger partial charge < -0.3 is 5.32 Å². The topological polar surface area (TPSA) is 42.0 Å². The Bertz CT molecular complexity index is 651. The molecule has 0 aliphatic carbocycles. The number of amides is 1. The molecule has 0 unspecified atom stereocenters. The molecule has 4 heteroatoms. The summed E-state index contributed by atoms with van der Waals surface area (Å²) in [5, 5.41) is 4.05. The van der Waals surface area contributed by atoms with Crippen LogP contribution in [0.2, 0.25) is 0 Å². The minimum Gasteiger partial charge on any atom is -0.355 e. The van der Waals surface area contributed by atoms with Crippen LogP contribution < -0.4 is 5.32 Å². The highest BCUT2D eigenvalue weighted by Crippen LogP contribution is 2.28. The number of rotatable bonds is 4. The highest BCUT2D eigenvalue weighted by molar-refractivity contribution is 7.15. The number of carbonyl (C=O) groups excluding carboxylic acids is 1. The summed E-state index contributed by atoms with van der Waals surface area (Å²) >= 11 is 1.72. The van der Waals surface area contributed by atoms with Gasteiger partial charge >= 0.3 is 0 Å². The minimum absolute atomic E-state index is 0.0911. The molecule has 1 N–H and O–H groups in total. The number of benzene rings is 1. The molecule has 0 saturated heterocycles. The molecule has 0 aliphatic rings. The summed E-state index contributed by atoms with van der Waals surface area (Å²) in [6.45, 7) is 10.6. The second kappa shape index (κ2) is 6.61. The molecule has 0 aliphatic heterocycles. The summed E-state index contributed by atoms with van der Waals surface area (Å²) in [6, 6.07) is 8.43. The number of hydrogen-bond acceptors (Lipinski definition) is 3. The summed E-state index contributed by atoms with van der Waals surface area (Å²) < 4.78 is 0. The molecule has 0 atom stereocenters. The van der Waals surface area contributed by atoms with E-state index in [2.05, 4.69) is 41.5 Å². The lowest BCUT2D eigenvalue weighted by atomic mass is 9.96. The zero-order valence-electron chi connectivity index (χ0n) is 14.0. The maximum atomic E-state index is 11.9. The standard InChI is InChI=1S/C18H24N2OS/c1-12-6-8-14(9-7-12)16-20-13(2)15(22-16)10-11-19-17(21)18(3,4)5/h6-9H,10-11H2,1-5H3,(H,19,21). The monoisotopic (exact) mass is 316 g/mol. The highest BCUT2D eigenvalue weighted by Gasteiger charge is 2.20. The van der Waals surface area contributed by atoms with Crippen LogP contribution in [0, 0.1) is 19.3 Å². The van der Waals surface area contributed by atoms with Crippen molar-refractivity contribution in [1.82, 2.24) is 10.3 Å². The zero-order valence-corrected chi connectivity index (χ0v) is 14.8. The van der Waals surface area contributed by atoms with Crippen LogP contribution in [-0.4, -0.2) is 17.4 Å². The molecular formula is C18H24N2OS. The first kappa shape index (κ1) is 16.7. The number of thiazole rings is 1. The quantitative estimate of drug-likeness (QED) is 0.921. The van der Waals surface area contributed by atoms with Gasteiger partial charge in [-0.15, -0.1) is 11.3 Å². The lowest BCUT2D eigenvalue weighted by molar-refractivity contribution is -0.128. The smallest absolute Gasteiger partial charge is 0.225 e. The molecular weight excluding hydrogens is 292 g/mol. The third kappa shape index (κ3) is 4.17. The van der Waals surface area contributed by atoms with Gasteiger partial charge in [-0.2, -0.15) is 0 Å². The van der Waals surface area contributed by atoms with Crippen LogP contribution in [-0.2, 0) is 11.2 Å². The lowest BCUT2D eigenvalue weighted by Gasteiger charge is -2.17. The predicted octanol–water partition coefficient (Wildman–Crippen LogP) is 4.13. The number of carbonyl (C=O) groups is 1. The second-order valence-electron chi connectivity index (χ2n) is 6.65. The minimum atomic E-state index is -0.337. The summed E-state index contributed by atoms with van der Waals surface area (Å²) in [7, 11) is 0. The fourth-order valence-corrected chi connectivity index (χ4v) is 3.10. The Labute approximate surface area is 136 Å². The third-order valence-electron chi connectivity index (χ3n) is 3.51. The Balaban J connectivity index is 2.01. The Hall–Kier alpha value is -1.68. The van der Waals surface area contributed by atoms with Gasteiger partial charge in [0.1, 0.15) is 5.01 Å². The Kier molecular flexibility index (Phi) is 5.01. The highest BCUT2D eigenvalue weighted by atomic mass is 32.1. The fraction of sp³-hybridized carbons (Fsp3) is 0.444. The van der Waals surface area contributed by atoms with Crippen molar-refractivity contribution in [1.29, 1.82) is 0 Å². The van der Waals surface area contributed by atoms with Crippen molar-refractivity contribution >= 4 is 17.2 Å². The van der Waals surface area contributed by atoms with Crippen molar-refractivity contribution in [2.45, 2.75) is 41.0 Å². The van der Waals surface area contributed by atoms with E-state index >= 15 is 0 Å². The van der Waals surface area contributed by atoms with Gasteiger partial charge in [0.25, 0.3) is 0 Å².